The lowest BCUT2D eigenvalue weighted by Crippen LogP contribution is -2.45. The van der Waals surface area contributed by atoms with Gasteiger partial charge >= 0.3 is 5.69 Å². The largest absolute Gasteiger partial charge is 0.390 e. The highest BCUT2D eigenvalue weighted by Crippen LogP contribution is 2.18. The van der Waals surface area contributed by atoms with E-state index in [4.69, 9.17) is 5.26 Å². The van der Waals surface area contributed by atoms with E-state index in [1.807, 2.05) is 12.1 Å². The minimum atomic E-state index is -0.866. The summed E-state index contributed by atoms with van der Waals surface area (Å²) in [5, 5.41) is 20.4. The Hall–Kier alpha value is -3.99. The Kier molecular flexibility index (Phi) is 6.32. The summed E-state index contributed by atoms with van der Waals surface area (Å²) >= 11 is 0. The summed E-state index contributed by atoms with van der Waals surface area (Å²) in [4.78, 5) is 28.9. The van der Waals surface area contributed by atoms with Crippen LogP contribution >= 0.6 is 0 Å². The van der Waals surface area contributed by atoms with Crippen LogP contribution in [0, 0.1) is 11.3 Å². The summed E-state index contributed by atoms with van der Waals surface area (Å²) in [7, 11) is 0. The van der Waals surface area contributed by atoms with E-state index in [-0.39, 0.29) is 13.1 Å². The average molecular weight is 467 g/mol. The van der Waals surface area contributed by atoms with E-state index in [0.717, 1.165) is 29.6 Å². The van der Waals surface area contributed by atoms with Crippen molar-refractivity contribution in [3.05, 3.63) is 116 Å². The molecule has 3 aromatic carbocycles. The van der Waals surface area contributed by atoms with Crippen molar-refractivity contribution in [2.75, 3.05) is 13.1 Å². The van der Waals surface area contributed by atoms with Gasteiger partial charge in [0.15, 0.2) is 0 Å². The normalized spacial score (nSPS) is 14.4. The molecule has 0 bridgehead atoms. The monoisotopic (exact) mass is 466 g/mol. The van der Waals surface area contributed by atoms with Crippen LogP contribution in [-0.4, -0.2) is 38.3 Å². The molecule has 0 saturated heterocycles. The Balaban J connectivity index is 1.43. The number of hydrogen-bond acceptors (Lipinski definition) is 5. The topological polar surface area (TPSA) is 91.3 Å². The highest BCUT2D eigenvalue weighted by Gasteiger charge is 2.21. The zero-order chi connectivity index (χ0) is 24.4. The highest BCUT2D eigenvalue weighted by molar-refractivity contribution is 5.77. The van der Waals surface area contributed by atoms with Crippen LogP contribution in [0.2, 0.25) is 0 Å². The molecule has 1 aromatic heterocycles. The van der Waals surface area contributed by atoms with Gasteiger partial charge in [0.2, 0.25) is 0 Å². The van der Waals surface area contributed by atoms with Gasteiger partial charge in [-0.05, 0) is 47.4 Å². The van der Waals surface area contributed by atoms with E-state index in [0.29, 0.717) is 23.0 Å². The van der Waals surface area contributed by atoms with Crippen LogP contribution in [0.3, 0.4) is 0 Å². The Labute approximate surface area is 202 Å². The maximum Gasteiger partial charge on any atom is 0.331 e. The number of para-hydroxylation sites is 1. The van der Waals surface area contributed by atoms with Crippen molar-refractivity contribution in [2.24, 2.45) is 0 Å². The van der Waals surface area contributed by atoms with Crippen molar-refractivity contribution >= 4 is 10.9 Å². The fraction of sp³-hybridized carbons (Fsp3) is 0.250. The first-order valence-electron chi connectivity index (χ1n) is 11.7. The van der Waals surface area contributed by atoms with Gasteiger partial charge in [0.25, 0.3) is 5.56 Å². The minimum Gasteiger partial charge on any atom is -0.390 e. The molecule has 0 spiro atoms. The second-order valence-electron chi connectivity index (χ2n) is 9.02. The molecule has 7 heteroatoms. The van der Waals surface area contributed by atoms with Crippen molar-refractivity contribution in [1.82, 2.24) is 14.0 Å². The lowest BCUT2D eigenvalue weighted by atomic mass is 10.00. The number of aliphatic hydroxyl groups excluding tert-OH is 1. The first-order valence-corrected chi connectivity index (χ1v) is 11.7. The van der Waals surface area contributed by atoms with Crippen molar-refractivity contribution in [3.63, 3.8) is 0 Å². The van der Waals surface area contributed by atoms with E-state index < -0.39 is 17.4 Å². The maximum atomic E-state index is 13.5. The third kappa shape index (κ3) is 4.67. The Bertz CT molecular complexity index is 1530. The van der Waals surface area contributed by atoms with Crippen molar-refractivity contribution in [3.8, 4) is 6.07 Å². The molecule has 1 N–H and O–H groups in total. The molecule has 0 fully saturated rings. The summed E-state index contributed by atoms with van der Waals surface area (Å²) in [5.41, 5.74) is 3.65. The molecule has 0 amide bonds. The molecule has 0 aliphatic carbocycles. The lowest BCUT2D eigenvalue weighted by Gasteiger charge is -2.30. The third-order valence-electron chi connectivity index (χ3n) is 6.63. The molecule has 1 aliphatic rings. The summed E-state index contributed by atoms with van der Waals surface area (Å²) in [6.07, 6.45) is 0.0473. The third-order valence-corrected chi connectivity index (χ3v) is 6.63. The number of fused-ring (bicyclic) bond motifs is 2. The van der Waals surface area contributed by atoms with Crippen LogP contribution in [0.1, 0.15) is 22.3 Å². The quantitative estimate of drug-likeness (QED) is 0.472. The second-order valence-corrected chi connectivity index (χ2v) is 9.02. The van der Waals surface area contributed by atoms with Gasteiger partial charge in [-0.15, -0.1) is 0 Å². The number of hydrogen-bond donors (Lipinski definition) is 1. The van der Waals surface area contributed by atoms with E-state index in [9.17, 15) is 14.7 Å². The van der Waals surface area contributed by atoms with Crippen LogP contribution in [0.15, 0.2) is 82.4 Å². The van der Waals surface area contributed by atoms with Crippen LogP contribution in [0.4, 0.5) is 0 Å². The number of aliphatic hydroxyl groups is 1. The van der Waals surface area contributed by atoms with Crippen molar-refractivity contribution < 1.29 is 5.11 Å². The number of nitriles is 1. The number of benzene rings is 3. The van der Waals surface area contributed by atoms with Crippen LogP contribution in [0.5, 0.6) is 0 Å². The molecular weight excluding hydrogens is 440 g/mol. The molecule has 35 heavy (non-hydrogen) atoms. The predicted molar refractivity (Wildman–Crippen MR) is 134 cm³/mol. The van der Waals surface area contributed by atoms with Gasteiger partial charge in [0.1, 0.15) is 0 Å². The second kappa shape index (κ2) is 9.71. The van der Waals surface area contributed by atoms with Crippen LogP contribution in [0.25, 0.3) is 10.9 Å². The van der Waals surface area contributed by atoms with Gasteiger partial charge in [0, 0.05) is 19.6 Å². The Morgan fingerprint density at radius 3 is 2.37 bits per heavy atom. The first-order chi connectivity index (χ1) is 17.0. The average Bonchev–Trinajstić information content (AvgIpc) is 2.89. The summed E-state index contributed by atoms with van der Waals surface area (Å²) in [6.45, 7) is 2.12. The van der Waals surface area contributed by atoms with Gasteiger partial charge in [-0.1, -0.05) is 48.5 Å². The van der Waals surface area contributed by atoms with Gasteiger partial charge in [-0.3, -0.25) is 18.8 Å². The number of β-amino-alcohol motifs (C(OH)–C–C–N with tert-alkyl or cyclic N) is 1. The minimum absolute atomic E-state index is 0.0754. The van der Waals surface area contributed by atoms with Crippen LogP contribution < -0.4 is 11.2 Å². The molecule has 0 saturated carbocycles. The molecule has 5 rings (SSSR count). The summed E-state index contributed by atoms with van der Waals surface area (Å²) < 4.78 is 2.70. The van der Waals surface area contributed by atoms with E-state index >= 15 is 0 Å². The maximum absolute atomic E-state index is 13.5. The number of aromatic nitrogens is 2. The molecule has 1 atom stereocenters. The van der Waals surface area contributed by atoms with Gasteiger partial charge in [-0.25, -0.2) is 4.79 Å². The van der Waals surface area contributed by atoms with Crippen LogP contribution in [-0.2, 0) is 26.1 Å². The summed E-state index contributed by atoms with van der Waals surface area (Å²) in [5.74, 6) is 0. The van der Waals surface area contributed by atoms with Gasteiger partial charge < -0.3 is 5.11 Å². The fourth-order valence-electron chi connectivity index (χ4n) is 4.83. The van der Waals surface area contributed by atoms with E-state index in [1.165, 1.54) is 11.1 Å². The molecule has 0 radical (unpaired) electrons. The van der Waals surface area contributed by atoms with Crippen molar-refractivity contribution in [2.45, 2.75) is 32.2 Å². The molecular formula is C28H26N4O3. The zero-order valence-corrected chi connectivity index (χ0v) is 19.3. The molecule has 1 aliphatic heterocycles. The number of nitrogens with zero attached hydrogens (tertiary/aromatic N) is 4. The van der Waals surface area contributed by atoms with E-state index in [2.05, 4.69) is 23.1 Å². The summed E-state index contributed by atoms with van der Waals surface area (Å²) in [6, 6.07) is 24.4. The van der Waals surface area contributed by atoms with Gasteiger partial charge in [-0.2, -0.15) is 5.26 Å². The smallest absolute Gasteiger partial charge is 0.331 e. The first kappa shape index (κ1) is 22.8. The molecule has 4 aromatic rings. The fourth-order valence-corrected chi connectivity index (χ4v) is 4.83. The highest BCUT2D eigenvalue weighted by atomic mass is 16.3. The molecule has 0 unspecified atom stereocenters. The molecule has 176 valence electrons. The zero-order valence-electron chi connectivity index (χ0n) is 19.3. The SMILES string of the molecule is N#Cc1ccc(Cn2c(=O)n(C[C@@H](O)CN3CCc4ccccc4C3)c(=O)c3ccccc32)cc1. The Morgan fingerprint density at radius 2 is 1.60 bits per heavy atom. The lowest BCUT2D eigenvalue weighted by molar-refractivity contribution is 0.0897. The van der Waals surface area contributed by atoms with E-state index in [1.54, 1.807) is 53.1 Å². The molecule has 2 heterocycles. The molecule has 7 nitrogen and oxygen atoms in total. The predicted octanol–water partition coefficient (Wildman–Crippen LogP) is 2.50. The number of rotatable bonds is 6. The van der Waals surface area contributed by atoms with Crippen molar-refractivity contribution in [1.29, 1.82) is 5.26 Å². The standard InChI is InChI=1S/C28H26N4O3/c29-15-20-9-11-21(12-10-20)16-31-26-8-4-3-7-25(26)27(34)32(28(31)35)19-24(33)18-30-14-13-22-5-1-2-6-23(22)17-30/h1-12,24,33H,13-14,16-19H2/t24-/m0/s1. The van der Waals surface area contributed by atoms with Gasteiger partial charge in [0.05, 0.1) is 41.7 Å². The Morgan fingerprint density at radius 1 is 0.886 bits per heavy atom.